The number of nitrogens with zero attached hydrogens (tertiary/aromatic N) is 2. The van der Waals surface area contributed by atoms with Gasteiger partial charge in [-0.15, -0.1) is 0 Å². The fourth-order valence-corrected chi connectivity index (χ4v) is 4.38. The van der Waals surface area contributed by atoms with Gasteiger partial charge in [0.1, 0.15) is 5.75 Å². The van der Waals surface area contributed by atoms with E-state index in [9.17, 15) is 19.2 Å². The van der Waals surface area contributed by atoms with Crippen LogP contribution in [-0.2, 0) is 25.5 Å². The molecule has 2 aliphatic rings. The number of hydrogen-bond acceptors (Lipinski definition) is 7. The van der Waals surface area contributed by atoms with Crippen LogP contribution in [0.25, 0.3) is 0 Å². The van der Waals surface area contributed by atoms with E-state index in [0.717, 1.165) is 5.56 Å². The Kier molecular flexibility index (Phi) is 7.65. The number of rotatable bonds is 8. The number of carbonyl (C=O) groups excluding carboxylic acids is 4. The summed E-state index contributed by atoms with van der Waals surface area (Å²) in [5, 5.41) is 5.41. The number of urea groups is 1. The van der Waals surface area contributed by atoms with E-state index in [0.29, 0.717) is 24.3 Å². The topological polar surface area (TPSA) is 117 Å². The summed E-state index contributed by atoms with van der Waals surface area (Å²) in [7, 11) is 2.78. The highest BCUT2D eigenvalue weighted by Gasteiger charge is 2.37. The first kappa shape index (κ1) is 24.9. The number of piperazine rings is 1. The van der Waals surface area contributed by atoms with Crippen molar-refractivity contribution in [2.45, 2.75) is 12.5 Å². The van der Waals surface area contributed by atoms with Gasteiger partial charge >= 0.3 is 12.0 Å². The van der Waals surface area contributed by atoms with E-state index >= 15 is 0 Å². The molecule has 36 heavy (non-hydrogen) atoms. The van der Waals surface area contributed by atoms with Gasteiger partial charge in [-0.2, -0.15) is 0 Å². The van der Waals surface area contributed by atoms with Gasteiger partial charge in [0.05, 0.1) is 38.9 Å². The van der Waals surface area contributed by atoms with E-state index in [-0.39, 0.29) is 42.7 Å². The first-order valence-electron chi connectivity index (χ1n) is 11.5. The maximum Gasteiger partial charge on any atom is 0.338 e. The van der Waals surface area contributed by atoms with Gasteiger partial charge in [0, 0.05) is 18.8 Å². The second-order valence-electron chi connectivity index (χ2n) is 8.51. The molecule has 0 bridgehead atoms. The number of esters is 1. The fourth-order valence-electron chi connectivity index (χ4n) is 4.38. The normalized spacial score (nSPS) is 18.6. The maximum absolute atomic E-state index is 12.8. The van der Waals surface area contributed by atoms with Crippen molar-refractivity contribution in [3.05, 3.63) is 77.0 Å². The predicted octanol–water partition coefficient (Wildman–Crippen LogP) is 1.39. The number of nitrogens with one attached hydrogen (secondary N) is 2. The number of benzene rings is 2. The molecule has 4 amide bonds. The van der Waals surface area contributed by atoms with E-state index in [4.69, 9.17) is 9.47 Å². The molecule has 0 aromatic heterocycles. The van der Waals surface area contributed by atoms with Crippen LogP contribution in [0.15, 0.2) is 65.9 Å². The van der Waals surface area contributed by atoms with Crippen LogP contribution in [0, 0.1) is 0 Å². The summed E-state index contributed by atoms with van der Waals surface area (Å²) in [6, 6.07) is 15.3. The van der Waals surface area contributed by atoms with E-state index < -0.39 is 18.0 Å². The third-order valence-corrected chi connectivity index (χ3v) is 6.15. The molecular weight excluding hydrogens is 464 g/mol. The molecule has 0 unspecified atom stereocenters. The minimum atomic E-state index is -0.796. The van der Waals surface area contributed by atoms with Crippen LogP contribution >= 0.6 is 0 Å². The smallest absolute Gasteiger partial charge is 0.338 e. The van der Waals surface area contributed by atoms with Crippen molar-refractivity contribution in [1.82, 2.24) is 20.4 Å². The van der Waals surface area contributed by atoms with E-state index in [1.165, 1.54) is 19.1 Å². The van der Waals surface area contributed by atoms with Crippen LogP contribution < -0.4 is 15.4 Å². The second kappa shape index (κ2) is 11.0. The summed E-state index contributed by atoms with van der Waals surface area (Å²) in [5.41, 5.74) is 2.13. The van der Waals surface area contributed by atoms with Gasteiger partial charge in [-0.3, -0.25) is 19.4 Å². The van der Waals surface area contributed by atoms with Gasteiger partial charge in [-0.1, -0.05) is 42.5 Å². The Bertz CT molecular complexity index is 1180. The molecule has 2 heterocycles. The largest absolute Gasteiger partial charge is 0.497 e. The Labute approximate surface area is 208 Å². The number of carbonyl (C=O) groups is 4. The Balaban J connectivity index is 1.54. The van der Waals surface area contributed by atoms with Crippen LogP contribution in [0.5, 0.6) is 5.75 Å². The molecule has 2 aliphatic heterocycles. The number of hydrogen-bond donors (Lipinski definition) is 2. The lowest BCUT2D eigenvalue weighted by Gasteiger charge is -2.35. The standard InChI is InChI=1S/C26H28N4O6/c1-35-19-10-6-9-18(13-19)24-23(25(33)36-2)20(27-26(34)28-24)14-29-15-21(31)30(22(32)16-29)12-11-17-7-4-3-5-8-17/h3-10,13,24H,11-12,14-16H2,1-2H3,(H2,27,28,34)/t24-/m0/s1. The number of ether oxygens (including phenoxy) is 2. The molecule has 0 spiro atoms. The molecule has 2 aromatic carbocycles. The molecule has 0 aliphatic carbocycles. The average molecular weight is 493 g/mol. The summed E-state index contributed by atoms with van der Waals surface area (Å²) in [4.78, 5) is 53.8. The third kappa shape index (κ3) is 5.55. The average Bonchev–Trinajstić information content (AvgIpc) is 2.88. The van der Waals surface area contributed by atoms with Crippen LogP contribution in [0.2, 0.25) is 0 Å². The Morgan fingerprint density at radius 2 is 1.72 bits per heavy atom. The number of amides is 4. The number of imide groups is 1. The van der Waals surface area contributed by atoms with Crippen molar-refractivity contribution < 1.29 is 28.7 Å². The zero-order valence-electron chi connectivity index (χ0n) is 20.2. The highest BCUT2D eigenvalue weighted by molar-refractivity contribution is 5.99. The molecule has 0 radical (unpaired) electrons. The molecule has 4 rings (SSSR count). The van der Waals surface area contributed by atoms with Gasteiger partial charge in [-0.25, -0.2) is 9.59 Å². The van der Waals surface area contributed by atoms with Crippen LogP contribution in [0.4, 0.5) is 4.79 Å². The molecule has 1 atom stereocenters. The zero-order valence-corrected chi connectivity index (χ0v) is 20.2. The molecule has 0 saturated carbocycles. The van der Waals surface area contributed by atoms with Crippen molar-refractivity contribution in [3.8, 4) is 5.75 Å². The summed E-state index contributed by atoms with van der Waals surface area (Å²) < 4.78 is 10.3. The lowest BCUT2D eigenvalue weighted by molar-refractivity contribution is -0.151. The second-order valence-corrected chi connectivity index (χ2v) is 8.51. The third-order valence-electron chi connectivity index (χ3n) is 6.15. The highest BCUT2D eigenvalue weighted by Crippen LogP contribution is 2.30. The molecule has 188 valence electrons. The zero-order chi connectivity index (χ0) is 25.7. The lowest BCUT2D eigenvalue weighted by Crippen LogP contribution is -2.56. The summed E-state index contributed by atoms with van der Waals surface area (Å²) in [5.74, 6) is -0.725. The minimum absolute atomic E-state index is 0.0162. The molecule has 10 nitrogen and oxygen atoms in total. The molecule has 1 fully saturated rings. The van der Waals surface area contributed by atoms with Crippen molar-refractivity contribution in [2.24, 2.45) is 0 Å². The van der Waals surface area contributed by atoms with E-state index in [2.05, 4.69) is 10.6 Å². The summed E-state index contributed by atoms with van der Waals surface area (Å²) in [6.45, 7) is 0.268. The molecular formula is C26H28N4O6. The Hall–Kier alpha value is -4.18. The lowest BCUT2D eigenvalue weighted by atomic mass is 9.94. The fraction of sp³-hybridized carbons (Fsp3) is 0.308. The van der Waals surface area contributed by atoms with Gasteiger partial charge in [0.2, 0.25) is 11.8 Å². The van der Waals surface area contributed by atoms with Crippen molar-refractivity contribution in [3.63, 3.8) is 0 Å². The highest BCUT2D eigenvalue weighted by atomic mass is 16.5. The number of methoxy groups -OCH3 is 2. The quantitative estimate of drug-likeness (QED) is 0.422. The van der Waals surface area contributed by atoms with E-state index in [1.54, 1.807) is 29.2 Å². The molecule has 1 saturated heterocycles. The van der Waals surface area contributed by atoms with Gasteiger partial charge in [0.25, 0.3) is 0 Å². The maximum atomic E-state index is 12.8. The van der Waals surface area contributed by atoms with E-state index in [1.807, 2.05) is 30.3 Å². The van der Waals surface area contributed by atoms with Crippen LogP contribution in [0.3, 0.4) is 0 Å². The van der Waals surface area contributed by atoms with Gasteiger partial charge in [-0.05, 0) is 29.7 Å². The van der Waals surface area contributed by atoms with Gasteiger partial charge < -0.3 is 20.1 Å². The summed E-state index contributed by atoms with van der Waals surface area (Å²) >= 11 is 0. The first-order valence-corrected chi connectivity index (χ1v) is 11.5. The Morgan fingerprint density at radius 3 is 2.39 bits per heavy atom. The van der Waals surface area contributed by atoms with Gasteiger partial charge in [0.15, 0.2) is 0 Å². The van der Waals surface area contributed by atoms with Crippen molar-refractivity contribution >= 4 is 23.8 Å². The molecule has 2 N–H and O–H groups in total. The van der Waals surface area contributed by atoms with Crippen LogP contribution in [0.1, 0.15) is 17.2 Å². The molecule has 10 heteroatoms. The Morgan fingerprint density at radius 1 is 1.00 bits per heavy atom. The first-order chi connectivity index (χ1) is 17.4. The van der Waals surface area contributed by atoms with Crippen LogP contribution in [-0.4, -0.2) is 74.0 Å². The van der Waals surface area contributed by atoms with Crippen molar-refractivity contribution in [1.29, 1.82) is 0 Å². The minimum Gasteiger partial charge on any atom is -0.497 e. The SMILES string of the molecule is COC(=O)C1=C(CN2CC(=O)N(CCc3ccccc3)C(=O)C2)NC(=O)N[C@H]1c1cccc(OC)c1. The monoisotopic (exact) mass is 492 g/mol. The molecule has 2 aromatic rings. The van der Waals surface area contributed by atoms with Crippen molar-refractivity contribution in [2.75, 3.05) is 40.4 Å². The predicted molar refractivity (Wildman–Crippen MR) is 130 cm³/mol. The summed E-state index contributed by atoms with van der Waals surface area (Å²) in [6.07, 6.45) is 0.569.